The van der Waals surface area contributed by atoms with E-state index in [2.05, 4.69) is 59.3 Å². The SMILES string of the molecule is COc1cccc(OC)c1-c1cnnc(N(C)CC2(c3ccccc3)CC2(C)C)n1. The maximum Gasteiger partial charge on any atom is 0.245 e. The molecule has 30 heavy (non-hydrogen) atoms. The molecule has 6 nitrogen and oxygen atoms in total. The summed E-state index contributed by atoms with van der Waals surface area (Å²) in [7, 11) is 5.30. The van der Waals surface area contributed by atoms with Crippen molar-refractivity contribution in [1.29, 1.82) is 0 Å². The number of nitrogens with zero attached hydrogens (tertiary/aromatic N) is 4. The molecule has 1 aromatic heterocycles. The molecule has 0 aliphatic heterocycles. The van der Waals surface area contributed by atoms with E-state index < -0.39 is 0 Å². The van der Waals surface area contributed by atoms with Crippen molar-refractivity contribution in [2.45, 2.75) is 25.7 Å². The predicted molar refractivity (Wildman–Crippen MR) is 118 cm³/mol. The van der Waals surface area contributed by atoms with E-state index in [1.807, 2.05) is 25.2 Å². The zero-order chi connectivity index (χ0) is 21.4. The van der Waals surface area contributed by atoms with E-state index in [9.17, 15) is 0 Å². The van der Waals surface area contributed by atoms with Crippen molar-refractivity contribution >= 4 is 5.95 Å². The first-order valence-electron chi connectivity index (χ1n) is 10.1. The molecule has 6 heteroatoms. The summed E-state index contributed by atoms with van der Waals surface area (Å²) in [5.74, 6) is 1.96. The van der Waals surface area contributed by atoms with Crippen molar-refractivity contribution in [3.05, 3.63) is 60.3 Å². The fourth-order valence-corrected chi connectivity index (χ4v) is 4.48. The predicted octanol–water partition coefficient (Wildman–Crippen LogP) is 4.36. The van der Waals surface area contributed by atoms with Gasteiger partial charge in [0.2, 0.25) is 5.95 Å². The van der Waals surface area contributed by atoms with Gasteiger partial charge in [-0.15, -0.1) is 5.10 Å². The van der Waals surface area contributed by atoms with E-state index in [1.54, 1.807) is 20.4 Å². The second-order valence-electron chi connectivity index (χ2n) is 8.54. The molecule has 0 radical (unpaired) electrons. The molecule has 0 N–H and O–H groups in total. The number of hydrogen-bond donors (Lipinski definition) is 0. The first-order valence-corrected chi connectivity index (χ1v) is 10.1. The van der Waals surface area contributed by atoms with Crippen LogP contribution in [0.1, 0.15) is 25.8 Å². The quantitative estimate of drug-likeness (QED) is 0.583. The first kappa shape index (κ1) is 20.1. The van der Waals surface area contributed by atoms with Gasteiger partial charge in [0.05, 0.1) is 26.0 Å². The fourth-order valence-electron chi connectivity index (χ4n) is 4.48. The summed E-state index contributed by atoms with van der Waals surface area (Å²) in [4.78, 5) is 6.90. The van der Waals surface area contributed by atoms with Crippen LogP contribution in [-0.2, 0) is 5.41 Å². The number of ether oxygens (including phenoxy) is 2. The van der Waals surface area contributed by atoms with Gasteiger partial charge in [0, 0.05) is 19.0 Å². The van der Waals surface area contributed by atoms with Gasteiger partial charge >= 0.3 is 0 Å². The summed E-state index contributed by atoms with van der Waals surface area (Å²) in [6.45, 7) is 5.46. The summed E-state index contributed by atoms with van der Waals surface area (Å²) in [5.41, 5.74) is 3.10. The molecular formula is C24H28N4O2. The molecule has 1 fully saturated rings. The smallest absolute Gasteiger partial charge is 0.245 e. The van der Waals surface area contributed by atoms with Crippen LogP contribution in [0.4, 0.5) is 5.95 Å². The highest BCUT2D eigenvalue weighted by Gasteiger charge is 2.62. The molecule has 1 atom stereocenters. The number of rotatable bonds is 7. The Morgan fingerprint density at radius 2 is 1.60 bits per heavy atom. The van der Waals surface area contributed by atoms with Crippen LogP contribution in [0.5, 0.6) is 11.5 Å². The lowest BCUT2D eigenvalue weighted by molar-refractivity contribution is 0.397. The average Bonchev–Trinajstić information content (AvgIpc) is 3.34. The largest absolute Gasteiger partial charge is 0.496 e. The number of anilines is 1. The van der Waals surface area contributed by atoms with Gasteiger partial charge in [0.15, 0.2) is 0 Å². The lowest BCUT2D eigenvalue weighted by atomic mass is 9.87. The van der Waals surface area contributed by atoms with Crippen LogP contribution < -0.4 is 14.4 Å². The second kappa shape index (κ2) is 7.59. The Labute approximate surface area is 177 Å². The van der Waals surface area contributed by atoms with E-state index >= 15 is 0 Å². The molecule has 1 aliphatic carbocycles. The highest BCUT2D eigenvalue weighted by atomic mass is 16.5. The monoisotopic (exact) mass is 404 g/mol. The maximum absolute atomic E-state index is 5.54. The molecule has 2 aromatic carbocycles. The Bertz CT molecular complexity index is 1020. The molecule has 1 unspecified atom stereocenters. The minimum absolute atomic E-state index is 0.0739. The molecule has 0 saturated heterocycles. The Morgan fingerprint density at radius 3 is 2.17 bits per heavy atom. The van der Waals surface area contributed by atoms with Crippen LogP contribution in [0.2, 0.25) is 0 Å². The molecule has 0 spiro atoms. The fraction of sp³-hybridized carbons (Fsp3) is 0.375. The van der Waals surface area contributed by atoms with Gasteiger partial charge in [-0.1, -0.05) is 50.2 Å². The van der Waals surface area contributed by atoms with E-state index in [1.165, 1.54) is 5.56 Å². The van der Waals surface area contributed by atoms with Crippen molar-refractivity contribution in [3.63, 3.8) is 0 Å². The van der Waals surface area contributed by atoms with Crippen molar-refractivity contribution in [3.8, 4) is 22.8 Å². The molecule has 1 saturated carbocycles. The molecule has 1 aliphatic rings. The standard InChI is InChI=1S/C24H28N4O2/c1-23(2)15-24(23,17-10-7-6-8-11-17)16-28(3)22-26-18(14-25-27-22)21-19(29-4)12-9-13-20(21)30-5/h6-14H,15-16H2,1-5H3. The Morgan fingerprint density at radius 1 is 0.967 bits per heavy atom. The summed E-state index contributed by atoms with van der Waals surface area (Å²) >= 11 is 0. The minimum Gasteiger partial charge on any atom is -0.496 e. The van der Waals surface area contributed by atoms with Gasteiger partial charge in [-0.25, -0.2) is 4.98 Å². The number of methoxy groups -OCH3 is 2. The van der Waals surface area contributed by atoms with Crippen LogP contribution in [-0.4, -0.2) is 43.0 Å². The third-order valence-electron chi connectivity index (χ3n) is 6.32. The van der Waals surface area contributed by atoms with E-state index in [-0.39, 0.29) is 10.8 Å². The van der Waals surface area contributed by atoms with Crippen LogP contribution in [0, 0.1) is 5.41 Å². The average molecular weight is 405 g/mol. The topological polar surface area (TPSA) is 60.4 Å². The summed E-state index contributed by atoms with van der Waals surface area (Å²) in [5, 5.41) is 8.54. The molecule has 1 heterocycles. The van der Waals surface area contributed by atoms with Crippen molar-refractivity contribution in [2.24, 2.45) is 5.41 Å². The van der Waals surface area contributed by atoms with E-state index in [0.29, 0.717) is 23.1 Å². The molecule has 4 rings (SSSR count). The highest BCUT2D eigenvalue weighted by Crippen LogP contribution is 2.64. The maximum atomic E-state index is 5.54. The third-order valence-corrected chi connectivity index (χ3v) is 6.32. The first-order chi connectivity index (χ1) is 14.4. The van der Waals surface area contributed by atoms with Gasteiger partial charge in [-0.3, -0.25) is 0 Å². The lowest BCUT2D eigenvalue weighted by Gasteiger charge is -2.27. The van der Waals surface area contributed by atoms with Crippen LogP contribution in [0.15, 0.2) is 54.7 Å². The summed E-state index contributed by atoms with van der Waals surface area (Å²) < 4.78 is 11.1. The summed E-state index contributed by atoms with van der Waals surface area (Å²) in [6, 6.07) is 16.4. The highest BCUT2D eigenvalue weighted by molar-refractivity contribution is 5.74. The molecule has 0 bridgehead atoms. The van der Waals surface area contributed by atoms with Gasteiger partial charge in [-0.05, 0) is 29.5 Å². The van der Waals surface area contributed by atoms with E-state index in [0.717, 1.165) is 18.5 Å². The summed E-state index contributed by atoms with van der Waals surface area (Å²) in [6.07, 6.45) is 2.77. The number of likely N-dealkylation sites (N-methyl/N-ethyl adjacent to an activating group) is 1. The van der Waals surface area contributed by atoms with E-state index in [4.69, 9.17) is 14.5 Å². The molecule has 3 aromatic rings. The minimum atomic E-state index is 0.0739. The Balaban J connectivity index is 1.67. The number of aromatic nitrogens is 3. The normalized spacial score (nSPS) is 19.2. The van der Waals surface area contributed by atoms with Gasteiger partial charge < -0.3 is 14.4 Å². The lowest BCUT2D eigenvalue weighted by Crippen LogP contribution is -2.33. The number of benzene rings is 2. The van der Waals surface area contributed by atoms with Crippen molar-refractivity contribution in [1.82, 2.24) is 15.2 Å². The zero-order valence-corrected chi connectivity index (χ0v) is 18.2. The molecule has 0 amide bonds. The van der Waals surface area contributed by atoms with Crippen molar-refractivity contribution in [2.75, 3.05) is 32.7 Å². The van der Waals surface area contributed by atoms with Gasteiger partial charge in [-0.2, -0.15) is 5.10 Å². The van der Waals surface area contributed by atoms with Crippen LogP contribution >= 0.6 is 0 Å². The van der Waals surface area contributed by atoms with Crippen LogP contribution in [0.3, 0.4) is 0 Å². The third kappa shape index (κ3) is 3.36. The number of hydrogen-bond acceptors (Lipinski definition) is 6. The molecule has 156 valence electrons. The van der Waals surface area contributed by atoms with Crippen LogP contribution in [0.25, 0.3) is 11.3 Å². The Hall–Kier alpha value is -3.15. The zero-order valence-electron chi connectivity index (χ0n) is 18.2. The Kier molecular flexibility index (Phi) is 5.10. The second-order valence-corrected chi connectivity index (χ2v) is 8.54. The molecular weight excluding hydrogens is 376 g/mol. The van der Waals surface area contributed by atoms with Crippen molar-refractivity contribution < 1.29 is 9.47 Å². The van der Waals surface area contributed by atoms with Gasteiger partial charge in [0.1, 0.15) is 17.2 Å². The van der Waals surface area contributed by atoms with Gasteiger partial charge in [0.25, 0.3) is 0 Å².